The van der Waals surface area contributed by atoms with Crippen LogP contribution in [0, 0.1) is 10.1 Å². The predicted molar refractivity (Wildman–Crippen MR) is 90.2 cm³/mol. The minimum atomic E-state index is -0.480. The lowest BCUT2D eigenvalue weighted by Crippen LogP contribution is -2.30. The summed E-state index contributed by atoms with van der Waals surface area (Å²) in [5.74, 6) is 0. The number of nitro groups is 1. The molecule has 0 unspecified atom stereocenters. The van der Waals surface area contributed by atoms with E-state index < -0.39 is 4.92 Å². The van der Waals surface area contributed by atoms with Crippen LogP contribution < -0.4 is 10.6 Å². The Kier molecular flexibility index (Phi) is 5.11. The normalized spacial score (nSPS) is 11.7. The quantitative estimate of drug-likeness (QED) is 0.491. The SMILES string of the molecule is C[C@H](NC(=S)Nc1cc([N+](=O)[O-])ccc1Cl)c1cccs1. The third-order valence-electron chi connectivity index (χ3n) is 2.73. The first kappa shape index (κ1) is 15.7. The molecule has 0 saturated carbocycles. The highest BCUT2D eigenvalue weighted by Gasteiger charge is 2.12. The molecule has 0 spiro atoms. The van der Waals surface area contributed by atoms with Crippen LogP contribution in [0.4, 0.5) is 11.4 Å². The van der Waals surface area contributed by atoms with Gasteiger partial charge in [-0.1, -0.05) is 17.7 Å². The molecule has 110 valence electrons. The highest BCUT2D eigenvalue weighted by molar-refractivity contribution is 7.80. The number of thiophene rings is 1. The second kappa shape index (κ2) is 6.84. The van der Waals surface area contributed by atoms with Crippen molar-refractivity contribution in [3.8, 4) is 0 Å². The Morgan fingerprint density at radius 2 is 2.24 bits per heavy atom. The number of non-ortho nitro benzene ring substituents is 1. The predicted octanol–water partition coefficient (Wildman–Crippen LogP) is 4.36. The van der Waals surface area contributed by atoms with Crippen LogP contribution in [0.2, 0.25) is 5.02 Å². The minimum absolute atomic E-state index is 0.0440. The molecular formula is C13H12ClN3O2S2. The van der Waals surface area contributed by atoms with E-state index in [2.05, 4.69) is 10.6 Å². The number of hydrogen-bond acceptors (Lipinski definition) is 4. The molecule has 2 rings (SSSR count). The van der Waals surface area contributed by atoms with Crippen molar-refractivity contribution in [2.45, 2.75) is 13.0 Å². The zero-order valence-corrected chi connectivity index (χ0v) is 13.4. The lowest BCUT2D eigenvalue weighted by molar-refractivity contribution is -0.384. The van der Waals surface area contributed by atoms with Crippen LogP contribution in [0.3, 0.4) is 0 Å². The molecule has 1 heterocycles. The molecule has 0 saturated heterocycles. The molecule has 8 heteroatoms. The van der Waals surface area contributed by atoms with Crippen molar-refractivity contribution in [3.63, 3.8) is 0 Å². The lowest BCUT2D eigenvalue weighted by atomic mass is 10.2. The van der Waals surface area contributed by atoms with E-state index in [4.69, 9.17) is 23.8 Å². The zero-order chi connectivity index (χ0) is 15.4. The van der Waals surface area contributed by atoms with Gasteiger partial charge in [-0.05, 0) is 36.7 Å². The second-order valence-electron chi connectivity index (χ2n) is 4.26. The van der Waals surface area contributed by atoms with E-state index in [1.165, 1.54) is 18.2 Å². The Balaban J connectivity index is 2.05. The van der Waals surface area contributed by atoms with Crippen LogP contribution in [0.15, 0.2) is 35.7 Å². The molecule has 1 aromatic carbocycles. The van der Waals surface area contributed by atoms with Crippen LogP contribution >= 0.6 is 35.2 Å². The summed E-state index contributed by atoms with van der Waals surface area (Å²) in [6, 6.07) is 8.18. The van der Waals surface area contributed by atoms with E-state index in [1.807, 2.05) is 24.4 Å². The van der Waals surface area contributed by atoms with Gasteiger partial charge in [0.15, 0.2) is 5.11 Å². The molecule has 0 radical (unpaired) electrons. The molecule has 1 atom stereocenters. The van der Waals surface area contributed by atoms with Crippen molar-refractivity contribution in [2.75, 3.05) is 5.32 Å². The van der Waals surface area contributed by atoms with Crippen LogP contribution in [0.1, 0.15) is 17.8 Å². The van der Waals surface area contributed by atoms with Gasteiger partial charge in [0.25, 0.3) is 5.69 Å². The van der Waals surface area contributed by atoms with Gasteiger partial charge in [0.1, 0.15) is 0 Å². The number of halogens is 1. The average Bonchev–Trinajstić information content (AvgIpc) is 2.95. The molecule has 2 N–H and O–H groups in total. The van der Waals surface area contributed by atoms with E-state index >= 15 is 0 Å². The van der Waals surface area contributed by atoms with Gasteiger partial charge in [0.2, 0.25) is 0 Å². The van der Waals surface area contributed by atoms with Crippen molar-refractivity contribution in [3.05, 3.63) is 55.7 Å². The average molecular weight is 342 g/mol. The fourth-order valence-corrected chi connectivity index (χ4v) is 2.87. The zero-order valence-electron chi connectivity index (χ0n) is 11.0. The monoisotopic (exact) mass is 341 g/mol. The highest BCUT2D eigenvalue weighted by atomic mass is 35.5. The van der Waals surface area contributed by atoms with Crippen LogP contribution in [0.5, 0.6) is 0 Å². The number of benzene rings is 1. The van der Waals surface area contributed by atoms with Crippen molar-refractivity contribution in [1.29, 1.82) is 0 Å². The molecule has 0 aliphatic heterocycles. The summed E-state index contributed by atoms with van der Waals surface area (Å²) in [6.07, 6.45) is 0. The van der Waals surface area contributed by atoms with E-state index in [0.717, 1.165) is 4.88 Å². The third-order valence-corrected chi connectivity index (χ3v) is 4.33. The van der Waals surface area contributed by atoms with Gasteiger partial charge in [-0.3, -0.25) is 10.1 Å². The molecule has 5 nitrogen and oxygen atoms in total. The van der Waals surface area contributed by atoms with Gasteiger partial charge < -0.3 is 10.6 Å². The van der Waals surface area contributed by atoms with Crippen LogP contribution in [0.25, 0.3) is 0 Å². The van der Waals surface area contributed by atoms with Crippen molar-refractivity contribution >= 4 is 51.6 Å². The van der Waals surface area contributed by atoms with Gasteiger partial charge in [0.05, 0.1) is 21.7 Å². The van der Waals surface area contributed by atoms with Crippen molar-refractivity contribution in [1.82, 2.24) is 5.32 Å². The van der Waals surface area contributed by atoms with E-state index in [0.29, 0.717) is 15.8 Å². The largest absolute Gasteiger partial charge is 0.355 e. The number of anilines is 1. The number of thiocarbonyl (C=S) groups is 1. The first-order valence-corrected chi connectivity index (χ1v) is 7.69. The molecule has 0 bridgehead atoms. The van der Waals surface area contributed by atoms with E-state index in [1.54, 1.807) is 11.3 Å². The smallest absolute Gasteiger partial charge is 0.271 e. The van der Waals surface area contributed by atoms with Gasteiger partial charge >= 0.3 is 0 Å². The number of nitrogens with one attached hydrogen (secondary N) is 2. The maximum absolute atomic E-state index is 10.8. The molecule has 2 aromatic rings. The minimum Gasteiger partial charge on any atom is -0.355 e. The Morgan fingerprint density at radius 1 is 1.48 bits per heavy atom. The topological polar surface area (TPSA) is 67.2 Å². The van der Waals surface area contributed by atoms with E-state index in [-0.39, 0.29) is 11.7 Å². The summed E-state index contributed by atoms with van der Waals surface area (Å²) in [4.78, 5) is 11.4. The van der Waals surface area contributed by atoms with E-state index in [9.17, 15) is 10.1 Å². The third kappa shape index (κ3) is 4.13. The number of nitrogens with zero attached hydrogens (tertiary/aromatic N) is 1. The lowest BCUT2D eigenvalue weighted by Gasteiger charge is -2.16. The summed E-state index contributed by atoms with van der Waals surface area (Å²) in [5.41, 5.74) is 0.359. The first-order chi connectivity index (χ1) is 9.97. The summed E-state index contributed by atoms with van der Waals surface area (Å²) >= 11 is 12.8. The van der Waals surface area contributed by atoms with Crippen molar-refractivity contribution < 1.29 is 4.92 Å². The van der Waals surface area contributed by atoms with Gasteiger partial charge in [-0.25, -0.2) is 0 Å². The molecular weight excluding hydrogens is 330 g/mol. The molecule has 0 aliphatic rings. The van der Waals surface area contributed by atoms with Gasteiger partial charge in [0, 0.05) is 17.0 Å². The van der Waals surface area contributed by atoms with Crippen LogP contribution in [-0.4, -0.2) is 10.0 Å². The number of hydrogen-bond donors (Lipinski definition) is 2. The maximum atomic E-state index is 10.8. The van der Waals surface area contributed by atoms with Crippen molar-refractivity contribution in [2.24, 2.45) is 0 Å². The van der Waals surface area contributed by atoms with Gasteiger partial charge in [-0.15, -0.1) is 11.3 Å². The maximum Gasteiger partial charge on any atom is 0.271 e. The second-order valence-corrected chi connectivity index (χ2v) is 6.05. The Labute approximate surface area is 136 Å². The summed E-state index contributed by atoms with van der Waals surface area (Å²) in [7, 11) is 0. The Morgan fingerprint density at radius 3 is 2.86 bits per heavy atom. The fraction of sp³-hybridized carbons (Fsp3) is 0.154. The summed E-state index contributed by atoms with van der Waals surface area (Å²) in [5, 5.41) is 19.5. The molecule has 0 amide bonds. The molecule has 0 fully saturated rings. The standard InChI is InChI=1S/C13H12ClN3O2S2/c1-8(12-3-2-6-21-12)15-13(20)16-11-7-9(17(18)19)4-5-10(11)14/h2-8H,1H3,(H2,15,16,20)/t8-/m0/s1. The van der Waals surface area contributed by atoms with Crippen LogP contribution in [-0.2, 0) is 0 Å². The summed E-state index contributed by atoms with van der Waals surface area (Å²) in [6.45, 7) is 1.98. The Bertz CT molecular complexity index is 661. The molecule has 21 heavy (non-hydrogen) atoms. The molecule has 1 aromatic heterocycles. The first-order valence-electron chi connectivity index (χ1n) is 6.02. The number of rotatable bonds is 4. The van der Waals surface area contributed by atoms with Gasteiger partial charge in [-0.2, -0.15) is 0 Å². The number of nitro benzene ring substituents is 1. The summed E-state index contributed by atoms with van der Waals surface area (Å²) < 4.78 is 0. The highest BCUT2D eigenvalue weighted by Crippen LogP contribution is 2.27. The Hall–Kier alpha value is -1.70. The fourth-order valence-electron chi connectivity index (χ4n) is 1.69. The molecule has 0 aliphatic carbocycles.